The molecule has 0 saturated heterocycles. The van der Waals surface area contributed by atoms with Gasteiger partial charge < -0.3 is 13.9 Å². The summed E-state index contributed by atoms with van der Waals surface area (Å²) < 4.78 is 16.9. The fraction of sp³-hybridized carbons (Fsp3) is 0.467. The number of halogens is 1. The fourth-order valence-corrected chi connectivity index (χ4v) is 2.42. The Kier molecular flexibility index (Phi) is 6.98. The van der Waals surface area contributed by atoms with Gasteiger partial charge in [-0.2, -0.15) is 0 Å². The Hall–Kier alpha value is -1.28. The minimum atomic E-state index is 0.515. The molecule has 1 aromatic heterocycles. The van der Waals surface area contributed by atoms with Gasteiger partial charge in [0, 0.05) is 31.8 Å². The first-order valence-corrected chi connectivity index (χ1v) is 7.81. The van der Waals surface area contributed by atoms with E-state index in [0.29, 0.717) is 31.5 Å². The van der Waals surface area contributed by atoms with Gasteiger partial charge in [-0.05, 0) is 28.1 Å². The number of benzene rings is 1. The fourth-order valence-electron chi connectivity index (χ4n) is 1.96. The maximum Gasteiger partial charge on any atom is 0.248 e. The second kappa shape index (κ2) is 8.99. The molecule has 0 amide bonds. The molecule has 2 rings (SSSR count). The van der Waals surface area contributed by atoms with E-state index in [1.54, 1.807) is 14.2 Å². The summed E-state index contributed by atoms with van der Waals surface area (Å²) in [5.41, 5.74) is 0.890. The number of nitrogens with zero attached hydrogens (tertiary/aromatic N) is 3. The number of aromatic nitrogens is 2. The third-order valence-corrected chi connectivity index (χ3v) is 3.84. The lowest BCUT2D eigenvalue weighted by molar-refractivity contribution is 0.105. The van der Waals surface area contributed by atoms with Crippen LogP contribution in [-0.4, -0.2) is 55.6 Å². The van der Waals surface area contributed by atoms with Crippen LogP contribution in [0.1, 0.15) is 5.89 Å². The van der Waals surface area contributed by atoms with Crippen LogP contribution in [0.5, 0.6) is 0 Å². The summed E-state index contributed by atoms with van der Waals surface area (Å²) in [5, 5.41) is 8.25. The standard InChI is InChI=1S/C15H20BrN3O3/c1-20-9-7-19(8-10-21-2)11-14-17-18-15(22-14)12-5-3-4-6-13(12)16/h3-6H,7-11H2,1-2H3. The Morgan fingerprint density at radius 3 is 2.41 bits per heavy atom. The molecule has 0 spiro atoms. The van der Waals surface area contributed by atoms with E-state index in [9.17, 15) is 0 Å². The molecule has 0 fully saturated rings. The van der Waals surface area contributed by atoms with Crippen LogP contribution in [0, 0.1) is 0 Å². The molecular formula is C15H20BrN3O3. The van der Waals surface area contributed by atoms with E-state index in [1.807, 2.05) is 24.3 Å². The lowest BCUT2D eigenvalue weighted by Gasteiger charge is -2.19. The van der Waals surface area contributed by atoms with Crippen LogP contribution < -0.4 is 0 Å². The highest BCUT2D eigenvalue weighted by molar-refractivity contribution is 9.10. The third kappa shape index (κ3) is 4.88. The molecule has 0 atom stereocenters. The normalized spacial score (nSPS) is 11.3. The number of ether oxygens (including phenoxy) is 2. The number of methoxy groups -OCH3 is 2. The van der Waals surface area contributed by atoms with E-state index in [2.05, 4.69) is 31.0 Å². The zero-order valence-corrected chi connectivity index (χ0v) is 14.4. The molecule has 6 nitrogen and oxygen atoms in total. The molecule has 0 aliphatic rings. The Bertz CT molecular complexity index is 569. The largest absolute Gasteiger partial charge is 0.419 e. The van der Waals surface area contributed by atoms with Crippen LogP contribution in [0.3, 0.4) is 0 Å². The molecule has 1 heterocycles. The van der Waals surface area contributed by atoms with Crippen molar-refractivity contribution in [3.63, 3.8) is 0 Å². The van der Waals surface area contributed by atoms with Gasteiger partial charge >= 0.3 is 0 Å². The van der Waals surface area contributed by atoms with Crippen LogP contribution >= 0.6 is 15.9 Å². The Morgan fingerprint density at radius 2 is 1.77 bits per heavy atom. The minimum Gasteiger partial charge on any atom is -0.419 e. The summed E-state index contributed by atoms with van der Waals surface area (Å²) >= 11 is 3.49. The van der Waals surface area contributed by atoms with Crippen molar-refractivity contribution in [3.8, 4) is 11.5 Å². The molecule has 1 aromatic carbocycles. The summed E-state index contributed by atoms with van der Waals surface area (Å²) in [5.74, 6) is 1.10. The Morgan fingerprint density at radius 1 is 1.09 bits per heavy atom. The highest BCUT2D eigenvalue weighted by atomic mass is 79.9. The van der Waals surface area contributed by atoms with Gasteiger partial charge in [-0.1, -0.05) is 12.1 Å². The first-order chi connectivity index (χ1) is 10.7. The molecule has 22 heavy (non-hydrogen) atoms. The van der Waals surface area contributed by atoms with Crippen LogP contribution in [0.15, 0.2) is 33.2 Å². The third-order valence-electron chi connectivity index (χ3n) is 3.15. The molecule has 2 aromatic rings. The lowest BCUT2D eigenvalue weighted by atomic mass is 10.2. The first-order valence-electron chi connectivity index (χ1n) is 7.02. The number of rotatable bonds is 9. The van der Waals surface area contributed by atoms with E-state index in [0.717, 1.165) is 23.1 Å². The van der Waals surface area contributed by atoms with Crippen molar-refractivity contribution in [1.29, 1.82) is 0 Å². The summed E-state index contributed by atoms with van der Waals surface area (Å²) in [6, 6.07) is 7.77. The van der Waals surface area contributed by atoms with E-state index < -0.39 is 0 Å². The van der Waals surface area contributed by atoms with Crippen molar-refractivity contribution >= 4 is 15.9 Å². The van der Waals surface area contributed by atoms with E-state index >= 15 is 0 Å². The van der Waals surface area contributed by atoms with Gasteiger partial charge in [-0.25, -0.2) is 0 Å². The van der Waals surface area contributed by atoms with E-state index in [4.69, 9.17) is 13.9 Å². The molecular weight excluding hydrogens is 350 g/mol. The van der Waals surface area contributed by atoms with Crippen LogP contribution in [0.4, 0.5) is 0 Å². The average molecular weight is 370 g/mol. The second-order valence-electron chi connectivity index (χ2n) is 4.74. The van der Waals surface area contributed by atoms with Gasteiger partial charge in [0.15, 0.2) is 0 Å². The number of hydrogen-bond donors (Lipinski definition) is 0. The molecule has 0 unspecified atom stereocenters. The second-order valence-corrected chi connectivity index (χ2v) is 5.60. The van der Waals surface area contributed by atoms with Gasteiger partial charge in [-0.3, -0.25) is 4.90 Å². The van der Waals surface area contributed by atoms with Gasteiger partial charge in [0.1, 0.15) is 0 Å². The van der Waals surface area contributed by atoms with Gasteiger partial charge in [0.05, 0.1) is 25.3 Å². The van der Waals surface area contributed by atoms with Gasteiger partial charge in [0.2, 0.25) is 11.8 Å². The predicted octanol–water partition coefficient (Wildman–Crippen LogP) is 2.59. The summed E-state index contributed by atoms with van der Waals surface area (Å²) in [7, 11) is 3.37. The van der Waals surface area contributed by atoms with Crippen LogP contribution in [0.2, 0.25) is 0 Å². The Labute approximate surface area is 138 Å². The van der Waals surface area contributed by atoms with Crippen molar-refractivity contribution in [2.24, 2.45) is 0 Å². The maximum atomic E-state index is 5.77. The molecule has 120 valence electrons. The van der Waals surface area contributed by atoms with Crippen LogP contribution in [0.25, 0.3) is 11.5 Å². The van der Waals surface area contributed by atoms with E-state index in [1.165, 1.54) is 0 Å². The predicted molar refractivity (Wildman–Crippen MR) is 86.5 cm³/mol. The summed E-state index contributed by atoms with van der Waals surface area (Å²) in [6.07, 6.45) is 0. The molecule has 7 heteroatoms. The van der Waals surface area contributed by atoms with Gasteiger partial charge in [-0.15, -0.1) is 10.2 Å². The van der Waals surface area contributed by atoms with Crippen molar-refractivity contribution in [3.05, 3.63) is 34.6 Å². The monoisotopic (exact) mass is 369 g/mol. The van der Waals surface area contributed by atoms with Crippen molar-refractivity contribution in [2.75, 3.05) is 40.5 Å². The molecule has 0 radical (unpaired) electrons. The molecule has 0 bridgehead atoms. The zero-order valence-electron chi connectivity index (χ0n) is 12.8. The average Bonchev–Trinajstić information content (AvgIpc) is 2.98. The maximum absolute atomic E-state index is 5.77. The quantitative estimate of drug-likeness (QED) is 0.676. The molecule has 0 aliphatic heterocycles. The summed E-state index contributed by atoms with van der Waals surface area (Å²) in [4.78, 5) is 2.16. The van der Waals surface area contributed by atoms with Crippen molar-refractivity contribution in [2.45, 2.75) is 6.54 Å². The highest BCUT2D eigenvalue weighted by Gasteiger charge is 2.14. The SMILES string of the molecule is COCCN(CCOC)Cc1nnc(-c2ccccc2Br)o1. The lowest BCUT2D eigenvalue weighted by Crippen LogP contribution is -2.30. The Balaban J connectivity index is 2.04. The zero-order chi connectivity index (χ0) is 15.8. The minimum absolute atomic E-state index is 0.515. The van der Waals surface area contributed by atoms with E-state index in [-0.39, 0.29) is 0 Å². The smallest absolute Gasteiger partial charge is 0.248 e. The summed E-state index contributed by atoms with van der Waals surface area (Å²) in [6.45, 7) is 3.44. The molecule has 0 aliphatic carbocycles. The highest BCUT2D eigenvalue weighted by Crippen LogP contribution is 2.26. The van der Waals surface area contributed by atoms with Crippen molar-refractivity contribution < 1.29 is 13.9 Å². The molecule has 0 saturated carbocycles. The first kappa shape index (κ1) is 17.1. The van der Waals surface area contributed by atoms with Crippen molar-refractivity contribution in [1.82, 2.24) is 15.1 Å². The van der Waals surface area contributed by atoms with Gasteiger partial charge in [0.25, 0.3) is 0 Å². The number of hydrogen-bond acceptors (Lipinski definition) is 6. The topological polar surface area (TPSA) is 60.6 Å². The molecule has 0 N–H and O–H groups in total. The van der Waals surface area contributed by atoms with Crippen LogP contribution in [-0.2, 0) is 16.0 Å².